The number of halogens is 2. The zero-order chi connectivity index (χ0) is 21.5. The molecule has 0 fully saturated rings. The molecule has 0 aromatic heterocycles. The molecule has 0 heterocycles. The summed E-state index contributed by atoms with van der Waals surface area (Å²) >= 11 is 0. The fourth-order valence-corrected chi connectivity index (χ4v) is 3.81. The lowest BCUT2D eigenvalue weighted by atomic mass is 9.91. The molecule has 0 spiro atoms. The van der Waals surface area contributed by atoms with E-state index in [1.807, 2.05) is 20.8 Å². The number of hydrogen-bond acceptors (Lipinski definition) is 3. The Morgan fingerprint density at radius 1 is 0.793 bits per heavy atom. The second kappa shape index (κ2) is 14.9. The molecule has 1 unspecified atom stereocenters. The van der Waals surface area contributed by atoms with Crippen LogP contribution in [-0.2, 0) is 20.6 Å². The number of hydrogen-bond donors (Lipinski definition) is 0. The van der Waals surface area contributed by atoms with E-state index in [-0.39, 0.29) is 5.92 Å². The zero-order valence-electron chi connectivity index (χ0n) is 18.8. The van der Waals surface area contributed by atoms with E-state index in [9.17, 15) is 8.78 Å². The van der Waals surface area contributed by atoms with Crippen molar-refractivity contribution in [2.24, 2.45) is 5.92 Å². The maximum absolute atomic E-state index is 14.1. The molecule has 1 atom stereocenters. The van der Waals surface area contributed by atoms with Gasteiger partial charge in [0.05, 0.1) is 0 Å². The van der Waals surface area contributed by atoms with Crippen molar-refractivity contribution in [2.75, 3.05) is 19.8 Å². The summed E-state index contributed by atoms with van der Waals surface area (Å²) in [5, 5.41) is 0. The van der Waals surface area contributed by atoms with Gasteiger partial charge in [-0.15, -0.1) is 0 Å². The van der Waals surface area contributed by atoms with Crippen LogP contribution in [0.2, 0.25) is 0 Å². The first-order valence-electron chi connectivity index (χ1n) is 11.4. The van der Waals surface area contributed by atoms with Crippen LogP contribution < -0.4 is 0 Å². The first-order valence-corrected chi connectivity index (χ1v) is 11.4. The Hall–Kier alpha value is -1.04. The smallest absolute Gasteiger partial charge is 0.285 e. The lowest BCUT2D eigenvalue weighted by Gasteiger charge is -2.39. The molecule has 3 nitrogen and oxygen atoms in total. The van der Waals surface area contributed by atoms with E-state index < -0.39 is 17.6 Å². The average Bonchev–Trinajstić information content (AvgIpc) is 2.68. The molecule has 0 radical (unpaired) electrons. The van der Waals surface area contributed by atoms with Gasteiger partial charge in [-0.1, -0.05) is 51.5 Å². The molecular formula is C24H40F2O3. The summed E-state index contributed by atoms with van der Waals surface area (Å²) in [5.74, 6) is -2.20. The fraction of sp³-hybridized carbons (Fsp3) is 0.750. The predicted octanol–water partition coefficient (Wildman–Crippen LogP) is 7.03. The third-order valence-corrected chi connectivity index (χ3v) is 5.22. The van der Waals surface area contributed by atoms with Crippen LogP contribution in [0.1, 0.15) is 84.6 Å². The molecular weight excluding hydrogens is 374 g/mol. The average molecular weight is 415 g/mol. The summed E-state index contributed by atoms with van der Waals surface area (Å²) < 4.78 is 45.4. The largest absolute Gasteiger partial charge is 0.328 e. The van der Waals surface area contributed by atoms with E-state index in [4.69, 9.17) is 14.2 Å². The van der Waals surface area contributed by atoms with Crippen LogP contribution >= 0.6 is 0 Å². The molecule has 0 bridgehead atoms. The molecule has 0 saturated heterocycles. The predicted molar refractivity (Wildman–Crippen MR) is 114 cm³/mol. The van der Waals surface area contributed by atoms with Crippen LogP contribution in [0.5, 0.6) is 0 Å². The topological polar surface area (TPSA) is 27.7 Å². The minimum atomic E-state index is -1.11. The van der Waals surface area contributed by atoms with Gasteiger partial charge in [-0.3, -0.25) is 0 Å². The van der Waals surface area contributed by atoms with Crippen LogP contribution in [0.3, 0.4) is 0 Å². The maximum Gasteiger partial charge on any atom is 0.285 e. The number of aryl methyl sites for hydroxylation is 1. The Balaban J connectivity index is 2.88. The number of rotatable bonds is 17. The summed E-state index contributed by atoms with van der Waals surface area (Å²) in [7, 11) is 0. The molecule has 5 heteroatoms. The molecule has 1 rings (SSSR count). The van der Waals surface area contributed by atoms with E-state index in [2.05, 4.69) is 6.92 Å². The molecule has 0 aliphatic heterocycles. The monoisotopic (exact) mass is 414 g/mol. The van der Waals surface area contributed by atoms with Crippen LogP contribution in [-0.4, -0.2) is 25.8 Å². The summed E-state index contributed by atoms with van der Waals surface area (Å²) in [6, 6.07) is 3.77. The molecule has 0 aliphatic carbocycles. The maximum atomic E-state index is 14.1. The summed E-state index contributed by atoms with van der Waals surface area (Å²) in [4.78, 5) is 0. The minimum absolute atomic E-state index is 0.0296. The van der Waals surface area contributed by atoms with E-state index in [0.717, 1.165) is 25.3 Å². The van der Waals surface area contributed by atoms with Gasteiger partial charge in [-0.2, -0.15) is 0 Å². The van der Waals surface area contributed by atoms with Gasteiger partial charge in [0, 0.05) is 31.8 Å². The Kier molecular flexibility index (Phi) is 13.3. The van der Waals surface area contributed by atoms with Gasteiger partial charge in [-0.05, 0) is 51.7 Å². The van der Waals surface area contributed by atoms with Gasteiger partial charge in [-0.25, -0.2) is 8.78 Å². The van der Waals surface area contributed by atoms with Crippen molar-refractivity contribution >= 4 is 0 Å². The van der Waals surface area contributed by atoms with E-state index in [1.165, 1.54) is 37.8 Å². The first-order chi connectivity index (χ1) is 14.0. The van der Waals surface area contributed by atoms with Crippen LogP contribution in [0, 0.1) is 17.6 Å². The Morgan fingerprint density at radius 2 is 1.38 bits per heavy atom. The lowest BCUT2D eigenvalue weighted by molar-refractivity contribution is -0.403. The van der Waals surface area contributed by atoms with Crippen molar-refractivity contribution in [1.82, 2.24) is 0 Å². The molecule has 29 heavy (non-hydrogen) atoms. The lowest BCUT2D eigenvalue weighted by Crippen LogP contribution is -2.47. The SMILES string of the molecule is CCCCCCCCC(CCc1ccc(F)cc1F)C(OCC)(OCC)OCC. The fourth-order valence-electron chi connectivity index (χ4n) is 3.81. The second-order valence-corrected chi connectivity index (χ2v) is 7.43. The van der Waals surface area contributed by atoms with Gasteiger partial charge in [0.15, 0.2) is 0 Å². The highest BCUT2D eigenvalue weighted by Crippen LogP contribution is 2.34. The summed E-state index contributed by atoms with van der Waals surface area (Å²) in [6.45, 7) is 9.40. The van der Waals surface area contributed by atoms with Crippen molar-refractivity contribution in [1.29, 1.82) is 0 Å². The summed E-state index contributed by atoms with van der Waals surface area (Å²) in [5.41, 5.74) is 0.512. The van der Waals surface area contributed by atoms with Crippen molar-refractivity contribution in [3.8, 4) is 0 Å². The molecule has 1 aromatic rings. The van der Waals surface area contributed by atoms with Crippen molar-refractivity contribution in [3.05, 3.63) is 35.4 Å². The van der Waals surface area contributed by atoms with Crippen molar-refractivity contribution in [3.63, 3.8) is 0 Å². The molecule has 0 amide bonds. The van der Waals surface area contributed by atoms with Crippen molar-refractivity contribution < 1.29 is 23.0 Å². The highest BCUT2D eigenvalue weighted by atomic mass is 19.1. The number of benzene rings is 1. The minimum Gasteiger partial charge on any atom is -0.328 e. The van der Waals surface area contributed by atoms with Gasteiger partial charge in [0.1, 0.15) is 11.6 Å². The third-order valence-electron chi connectivity index (χ3n) is 5.22. The van der Waals surface area contributed by atoms with Gasteiger partial charge in [0.2, 0.25) is 0 Å². The Morgan fingerprint density at radius 3 is 1.93 bits per heavy atom. The van der Waals surface area contributed by atoms with Gasteiger partial charge in [0.25, 0.3) is 5.97 Å². The van der Waals surface area contributed by atoms with Crippen LogP contribution in [0.4, 0.5) is 8.78 Å². The first kappa shape index (κ1) is 26.0. The molecule has 0 N–H and O–H groups in total. The third kappa shape index (κ3) is 9.10. The normalized spacial score (nSPS) is 13.0. The van der Waals surface area contributed by atoms with E-state index in [0.29, 0.717) is 38.2 Å². The van der Waals surface area contributed by atoms with Crippen LogP contribution in [0.25, 0.3) is 0 Å². The highest BCUT2D eigenvalue weighted by molar-refractivity contribution is 5.18. The molecule has 0 saturated carbocycles. The van der Waals surface area contributed by atoms with Gasteiger partial charge < -0.3 is 14.2 Å². The highest BCUT2D eigenvalue weighted by Gasteiger charge is 2.41. The molecule has 0 aliphatic rings. The molecule has 1 aromatic carbocycles. The quantitative estimate of drug-likeness (QED) is 0.202. The number of ether oxygens (including phenoxy) is 3. The summed E-state index contributed by atoms with van der Waals surface area (Å²) in [6.07, 6.45) is 9.21. The number of unbranched alkanes of at least 4 members (excludes halogenated alkanes) is 5. The zero-order valence-corrected chi connectivity index (χ0v) is 18.8. The van der Waals surface area contributed by atoms with Gasteiger partial charge >= 0.3 is 0 Å². The second-order valence-electron chi connectivity index (χ2n) is 7.43. The molecule has 168 valence electrons. The van der Waals surface area contributed by atoms with E-state index >= 15 is 0 Å². The Bertz CT molecular complexity index is 534. The van der Waals surface area contributed by atoms with E-state index in [1.54, 1.807) is 0 Å². The van der Waals surface area contributed by atoms with Crippen LogP contribution in [0.15, 0.2) is 18.2 Å². The Labute approximate surface area is 176 Å². The van der Waals surface area contributed by atoms with Crippen molar-refractivity contribution in [2.45, 2.75) is 91.5 Å². The standard InChI is InChI=1S/C24H40F2O3/c1-5-9-10-11-12-13-14-21(24(27-6-2,28-7-3)29-8-4)17-15-20-16-18-22(25)19-23(20)26/h16,18-19,21H,5-15,17H2,1-4H3.